The molecule has 1 aromatic carbocycles. The molecule has 1 aliphatic rings. The number of amides is 1. The van der Waals surface area contributed by atoms with Crippen molar-refractivity contribution in [3.8, 4) is 16.2 Å². The average molecular weight is 483 g/mol. The maximum absolute atomic E-state index is 12.6. The van der Waals surface area contributed by atoms with Gasteiger partial charge in [-0.3, -0.25) is 14.9 Å². The van der Waals surface area contributed by atoms with Crippen LogP contribution >= 0.6 is 11.3 Å². The Labute approximate surface area is 198 Å². The van der Waals surface area contributed by atoms with Gasteiger partial charge in [-0.1, -0.05) is 12.1 Å². The van der Waals surface area contributed by atoms with Gasteiger partial charge in [0.05, 0.1) is 12.2 Å². The van der Waals surface area contributed by atoms with Gasteiger partial charge in [0.2, 0.25) is 5.88 Å². The summed E-state index contributed by atoms with van der Waals surface area (Å²) in [4.78, 5) is 50.6. The van der Waals surface area contributed by atoms with Crippen LogP contribution in [0.1, 0.15) is 55.6 Å². The summed E-state index contributed by atoms with van der Waals surface area (Å²) in [6.45, 7) is 4.18. The smallest absolute Gasteiger partial charge is 0.348 e. The quantitative estimate of drug-likeness (QED) is 0.388. The molecule has 3 aromatic rings. The molecule has 10 heteroatoms. The van der Waals surface area contributed by atoms with Crippen LogP contribution in [0, 0.1) is 6.92 Å². The average Bonchev–Trinajstić information content (AvgIpc) is 3.39. The summed E-state index contributed by atoms with van der Waals surface area (Å²) in [7, 11) is 0. The number of thiophene rings is 1. The fraction of sp³-hybridized carbons (Fsp3) is 0.250. The Morgan fingerprint density at radius 3 is 2.59 bits per heavy atom. The number of carbonyl (C=O) groups is 4. The third kappa shape index (κ3) is 4.44. The number of esters is 2. The Balaban J connectivity index is 1.45. The summed E-state index contributed by atoms with van der Waals surface area (Å²) in [6, 6.07) is 9.22. The van der Waals surface area contributed by atoms with Gasteiger partial charge < -0.3 is 18.6 Å². The molecule has 0 atom stereocenters. The van der Waals surface area contributed by atoms with Gasteiger partial charge in [-0.05, 0) is 39.0 Å². The van der Waals surface area contributed by atoms with Crippen LogP contribution in [0.5, 0.6) is 5.75 Å². The number of hydrogen-bond donors (Lipinski definition) is 1. The number of aryl methyl sites for hydroxylation is 1. The summed E-state index contributed by atoms with van der Waals surface area (Å²) < 4.78 is 21.3. The number of ether oxygens (including phenoxy) is 3. The lowest BCUT2D eigenvalue weighted by atomic mass is 10.1. The molecule has 0 saturated heterocycles. The molecule has 0 spiro atoms. The van der Waals surface area contributed by atoms with Gasteiger partial charge >= 0.3 is 11.9 Å². The number of hydrogen-bond acceptors (Lipinski definition) is 9. The first-order valence-corrected chi connectivity index (χ1v) is 11.2. The Morgan fingerprint density at radius 1 is 1.09 bits per heavy atom. The van der Waals surface area contributed by atoms with Crippen molar-refractivity contribution in [2.45, 2.75) is 27.4 Å². The highest BCUT2D eigenvalue weighted by molar-refractivity contribution is 7.17. The van der Waals surface area contributed by atoms with E-state index in [-0.39, 0.29) is 29.4 Å². The molecular formula is C24H21NO8S. The van der Waals surface area contributed by atoms with Crippen LogP contribution in [-0.2, 0) is 20.9 Å². The molecule has 0 saturated carbocycles. The molecule has 1 aliphatic heterocycles. The number of rotatable bonds is 7. The lowest BCUT2D eigenvalue weighted by molar-refractivity contribution is -0.119. The van der Waals surface area contributed by atoms with Gasteiger partial charge in [0, 0.05) is 16.0 Å². The lowest BCUT2D eigenvalue weighted by Gasteiger charge is -2.16. The van der Waals surface area contributed by atoms with Crippen molar-refractivity contribution in [3.05, 3.63) is 57.7 Å². The number of ketones is 1. The minimum Gasteiger partial charge on any atom is -0.488 e. The fourth-order valence-electron chi connectivity index (χ4n) is 3.62. The van der Waals surface area contributed by atoms with Gasteiger partial charge in [0.1, 0.15) is 28.6 Å². The molecule has 2 aromatic heterocycles. The van der Waals surface area contributed by atoms with E-state index >= 15 is 0 Å². The molecule has 4 rings (SSSR count). The van der Waals surface area contributed by atoms with Crippen LogP contribution < -0.4 is 10.1 Å². The van der Waals surface area contributed by atoms with Crippen LogP contribution in [-0.4, -0.2) is 36.8 Å². The van der Waals surface area contributed by atoms with Crippen molar-refractivity contribution in [2.24, 2.45) is 0 Å². The Morgan fingerprint density at radius 2 is 1.85 bits per heavy atom. The highest BCUT2D eigenvalue weighted by Gasteiger charge is 2.29. The van der Waals surface area contributed by atoms with Gasteiger partial charge in [0.25, 0.3) is 5.91 Å². The fourth-order valence-corrected chi connectivity index (χ4v) is 4.71. The van der Waals surface area contributed by atoms with E-state index in [0.29, 0.717) is 11.5 Å². The SMILES string of the molecule is CCOC(=O)c1c(NC(=O)COC(=O)c2cc3c(s2)-c2ccccc2OC3)oc(C)c1C(C)=O. The third-order valence-electron chi connectivity index (χ3n) is 5.03. The number of furan rings is 1. The van der Waals surface area contributed by atoms with E-state index in [0.717, 1.165) is 21.8 Å². The van der Waals surface area contributed by atoms with Crippen LogP contribution in [0.4, 0.5) is 5.88 Å². The molecule has 0 unspecified atom stereocenters. The number of para-hydroxylation sites is 1. The molecular weight excluding hydrogens is 462 g/mol. The van der Waals surface area contributed by atoms with Crippen molar-refractivity contribution < 1.29 is 37.8 Å². The summed E-state index contributed by atoms with van der Waals surface area (Å²) in [6.07, 6.45) is 0. The molecule has 1 amide bonds. The van der Waals surface area contributed by atoms with Crippen LogP contribution in [0.15, 0.2) is 34.7 Å². The molecule has 0 bridgehead atoms. The van der Waals surface area contributed by atoms with Crippen molar-refractivity contribution >= 4 is 40.9 Å². The second-order valence-electron chi connectivity index (χ2n) is 7.39. The van der Waals surface area contributed by atoms with Crippen molar-refractivity contribution in [3.63, 3.8) is 0 Å². The highest BCUT2D eigenvalue weighted by Crippen LogP contribution is 2.42. The maximum Gasteiger partial charge on any atom is 0.348 e. The first kappa shape index (κ1) is 23.2. The third-order valence-corrected chi connectivity index (χ3v) is 6.22. The first-order chi connectivity index (χ1) is 16.3. The van der Waals surface area contributed by atoms with Crippen molar-refractivity contribution in [1.29, 1.82) is 0 Å². The summed E-state index contributed by atoms with van der Waals surface area (Å²) in [5, 5.41) is 2.38. The predicted molar refractivity (Wildman–Crippen MR) is 122 cm³/mol. The standard InChI is InChI=1S/C24H21NO8S/c1-4-30-24(29)20-19(12(2)26)13(3)33-22(20)25-18(27)11-32-23(28)17-9-14-10-31-16-8-6-5-7-15(16)21(14)34-17/h5-9H,4,10-11H2,1-3H3,(H,25,27). The highest BCUT2D eigenvalue weighted by atomic mass is 32.1. The van der Waals surface area contributed by atoms with Crippen molar-refractivity contribution in [2.75, 3.05) is 18.5 Å². The maximum atomic E-state index is 12.6. The number of anilines is 1. The van der Waals surface area contributed by atoms with E-state index in [9.17, 15) is 19.2 Å². The van der Waals surface area contributed by atoms with Crippen LogP contribution in [0.2, 0.25) is 0 Å². The van der Waals surface area contributed by atoms with Crippen LogP contribution in [0.3, 0.4) is 0 Å². The second kappa shape index (κ2) is 9.52. The van der Waals surface area contributed by atoms with E-state index < -0.39 is 30.2 Å². The lowest BCUT2D eigenvalue weighted by Crippen LogP contribution is -2.22. The minimum absolute atomic E-state index is 0.0254. The summed E-state index contributed by atoms with van der Waals surface area (Å²) in [5.74, 6) is -1.95. The molecule has 9 nitrogen and oxygen atoms in total. The van der Waals surface area contributed by atoms with Gasteiger partial charge in [0.15, 0.2) is 12.4 Å². The number of nitrogens with one attached hydrogen (secondary N) is 1. The van der Waals surface area contributed by atoms with E-state index in [1.807, 2.05) is 24.3 Å². The van der Waals surface area contributed by atoms with E-state index in [1.54, 1.807) is 13.0 Å². The zero-order chi connectivity index (χ0) is 24.4. The molecule has 0 fully saturated rings. The Kier molecular flexibility index (Phi) is 6.51. The topological polar surface area (TPSA) is 121 Å². The number of benzene rings is 1. The van der Waals surface area contributed by atoms with E-state index in [1.165, 1.54) is 25.2 Å². The van der Waals surface area contributed by atoms with Crippen molar-refractivity contribution in [1.82, 2.24) is 0 Å². The van der Waals surface area contributed by atoms with Gasteiger partial charge in [-0.25, -0.2) is 9.59 Å². The molecule has 0 radical (unpaired) electrons. The van der Waals surface area contributed by atoms with E-state index in [4.69, 9.17) is 18.6 Å². The molecule has 3 heterocycles. The van der Waals surface area contributed by atoms with E-state index in [2.05, 4.69) is 5.32 Å². The zero-order valence-corrected chi connectivity index (χ0v) is 19.5. The largest absolute Gasteiger partial charge is 0.488 e. The number of fused-ring (bicyclic) bond motifs is 3. The summed E-state index contributed by atoms with van der Waals surface area (Å²) >= 11 is 1.26. The zero-order valence-electron chi connectivity index (χ0n) is 18.7. The molecule has 0 aliphatic carbocycles. The Bertz CT molecular complexity index is 1300. The normalized spacial score (nSPS) is 11.6. The van der Waals surface area contributed by atoms with Crippen LogP contribution in [0.25, 0.3) is 10.4 Å². The second-order valence-corrected chi connectivity index (χ2v) is 8.44. The van der Waals surface area contributed by atoms with Gasteiger partial charge in [-0.15, -0.1) is 11.3 Å². The summed E-state index contributed by atoms with van der Waals surface area (Å²) in [5.41, 5.74) is 1.61. The predicted octanol–water partition coefficient (Wildman–Crippen LogP) is 4.38. The number of carbonyl (C=O) groups excluding carboxylic acids is 4. The monoisotopic (exact) mass is 483 g/mol. The Hall–Kier alpha value is -3.92. The molecule has 176 valence electrons. The molecule has 1 N–H and O–H groups in total. The van der Waals surface area contributed by atoms with Gasteiger partial charge in [-0.2, -0.15) is 0 Å². The molecule has 34 heavy (non-hydrogen) atoms. The minimum atomic E-state index is -0.802. The first-order valence-electron chi connectivity index (χ1n) is 10.4. The number of Topliss-reactive ketones (excluding diaryl/α,β-unsaturated/α-hetero) is 1.